The van der Waals surface area contributed by atoms with Gasteiger partial charge in [-0.15, -0.1) is 0 Å². The van der Waals surface area contributed by atoms with Crippen LogP contribution in [0, 0.1) is 3.70 Å². The summed E-state index contributed by atoms with van der Waals surface area (Å²) < 4.78 is 14.6. The van der Waals surface area contributed by atoms with Gasteiger partial charge in [0.15, 0.2) is 8.32 Å². The highest BCUT2D eigenvalue weighted by Crippen LogP contribution is 2.41. The first kappa shape index (κ1) is 21.6. The minimum Gasteiger partial charge on any atom is -0.406 e. The van der Waals surface area contributed by atoms with Crippen LogP contribution in [0.2, 0.25) is 18.1 Å². The van der Waals surface area contributed by atoms with E-state index in [1.165, 1.54) is 0 Å². The number of carbonyl (C=O) groups excluding carboxylic acids is 1. The van der Waals surface area contributed by atoms with Gasteiger partial charge in [-0.1, -0.05) is 20.8 Å². The largest absolute Gasteiger partial charge is 0.406 e. The van der Waals surface area contributed by atoms with Gasteiger partial charge < -0.3 is 9.16 Å². The van der Waals surface area contributed by atoms with Crippen molar-refractivity contribution >= 4 is 42.5 Å². The molecule has 1 aromatic heterocycles. The van der Waals surface area contributed by atoms with Crippen LogP contribution >= 0.6 is 22.6 Å². The lowest BCUT2D eigenvalue weighted by Gasteiger charge is -2.43. The summed E-state index contributed by atoms with van der Waals surface area (Å²) in [7, 11) is -2.05. The summed E-state index contributed by atoms with van der Waals surface area (Å²) in [5, 5.41) is 0.0514. The van der Waals surface area contributed by atoms with E-state index in [2.05, 4.69) is 67.4 Å². The molecule has 0 radical (unpaired) electrons. The van der Waals surface area contributed by atoms with E-state index < -0.39 is 13.9 Å². The van der Waals surface area contributed by atoms with Crippen molar-refractivity contribution in [3.63, 3.8) is 0 Å². The molecule has 0 amide bonds. The van der Waals surface area contributed by atoms with Gasteiger partial charge >= 0.3 is 0 Å². The highest BCUT2D eigenvalue weighted by atomic mass is 127. The van der Waals surface area contributed by atoms with Gasteiger partial charge in [-0.05, 0) is 61.5 Å². The molecule has 0 aliphatic heterocycles. The van der Waals surface area contributed by atoms with Gasteiger partial charge in [0.25, 0.3) is 0 Å². The quantitative estimate of drug-likeness (QED) is 0.339. The Kier molecular flexibility index (Phi) is 7.03. The summed E-state index contributed by atoms with van der Waals surface area (Å²) in [5.74, 6) is 2.78. The summed E-state index contributed by atoms with van der Waals surface area (Å²) in [6.45, 7) is 17.6. The van der Waals surface area contributed by atoms with Crippen LogP contribution in [0.4, 0.5) is 0 Å². The average molecular weight is 464 g/mol. The summed E-state index contributed by atoms with van der Waals surface area (Å²) in [4.78, 5) is 16.3. The Morgan fingerprint density at radius 1 is 1.33 bits per heavy atom. The molecule has 0 fully saturated rings. The van der Waals surface area contributed by atoms with E-state index in [0.29, 0.717) is 24.7 Å². The molecule has 0 N–H and O–H groups in total. The van der Waals surface area contributed by atoms with Crippen LogP contribution in [0.5, 0.6) is 0 Å². The van der Waals surface area contributed by atoms with Crippen LogP contribution < -0.4 is 0 Å². The summed E-state index contributed by atoms with van der Waals surface area (Å²) in [6, 6.07) is 0. The summed E-state index contributed by atoms with van der Waals surface area (Å²) in [6.07, 6.45) is 1.83. The van der Waals surface area contributed by atoms with Gasteiger partial charge in [0.05, 0.1) is 0 Å². The lowest BCUT2D eigenvalue weighted by atomic mass is 10.1. The zero-order valence-corrected chi connectivity index (χ0v) is 19.1. The van der Waals surface area contributed by atoms with Crippen molar-refractivity contribution in [2.24, 2.45) is 0 Å². The molecule has 5 nitrogen and oxygen atoms in total. The monoisotopic (exact) mass is 464 g/mol. The third-order valence-corrected chi connectivity index (χ3v) is 9.56. The molecule has 1 aromatic rings. The van der Waals surface area contributed by atoms with E-state index in [4.69, 9.17) is 9.16 Å². The molecule has 0 bridgehead atoms. The molecule has 0 spiro atoms. The van der Waals surface area contributed by atoms with Gasteiger partial charge in [-0.2, -0.15) is 0 Å². The molecule has 7 heteroatoms. The topological polar surface area (TPSA) is 53.4 Å². The fraction of sp³-hybridized carbons (Fsp3) is 0.706. The number of rotatable bonds is 7. The molecule has 136 valence electrons. The first-order valence-corrected chi connectivity index (χ1v) is 12.1. The van der Waals surface area contributed by atoms with Gasteiger partial charge in [0, 0.05) is 12.8 Å². The highest BCUT2D eigenvalue weighted by Gasteiger charge is 2.43. The van der Waals surface area contributed by atoms with Crippen molar-refractivity contribution in [2.75, 3.05) is 6.61 Å². The zero-order chi connectivity index (χ0) is 18.8. The van der Waals surface area contributed by atoms with Crippen LogP contribution in [-0.4, -0.2) is 36.0 Å². The highest BCUT2D eigenvalue weighted by molar-refractivity contribution is 14.1. The predicted octanol–water partition coefficient (Wildman–Crippen LogP) is 4.50. The maximum atomic E-state index is 11.8. The molecular formula is C17H29IN2O3Si. The molecule has 0 aliphatic rings. The van der Waals surface area contributed by atoms with Crippen LogP contribution in [0.1, 0.15) is 47.4 Å². The fourth-order valence-electron chi connectivity index (χ4n) is 2.18. The minimum atomic E-state index is -2.05. The van der Waals surface area contributed by atoms with Gasteiger partial charge in [-0.25, -0.2) is 9.78 Å². The Morgan fingerprint density at radius 2 is 1.92 bits per heavy atom. The van der Waals surface area contributed by atoms with E-state index >= 15 is 0 Å². The Balaban J connectivity index is 3.24. The maximum absolute atomic E-state index is 11.8. The van der Waals surface area contributed by atoms with Crippen molar-refractivity contribution < 1.29 is 14.0 Å². The predicted molar refractivity (Wildman–Crippen MR) is 108 cm³/mol. The average Bonchev–Trinajstić information content (AvgIpc) is 2.75. The first-order valence-electron chi connectivity index (χ1n) is 8.13. The van der Waals surface area contributed by atoms with Crippen LogP contribution in [0.3, 0.4) is 0 Å². The number of hydrogen-bond acceptors (Lipinski definition) is 4. The second-order valence-electron chi connectivity index (χ2n) is 7.81. The van der Waals surface area contributed by atoms with Crippen molar-refractivity contribution in [3.8, 4) is 0 Å². The molecular weight excluding hydrogens is 435 g/mol. The molecule has 0 atom stereocenters. The van der Waals surface area contributed by atoms with Crippen LogP contribution in [0.25, 0.3) is 5.70 Å². The Labute approximate surface area is 160 Å². The molecule has 0 saturated carbocycles. The Morgan fingerprint density at radius 3 is 2.38 bits per heavy atom. The first-order chi connectivity index (χ1) is 10.9. The molecule has 0 aliphatic carbocycles. The number of nitrogens with zero attached hydrogens (tertiary/aromatic N) is 2. The van der Waals surface area contributed by atoms with Crippen molar-refractivity contribution in [2.45, 2.75) is 71.9 Å². The summed E-state index contributed by atoms with van der Waals surface area (Å²) in [5.41, 5.74) is -0.340. The zero-order valence-electron chi connectivity index (χ0n) is 16.0. The molecule has 24 heavy (non-hydrogen) atoms. The second-order valence-corrected chi connectivity index (χ2v) is 13.6. The van der Waals surface area contributed by atoms with E-state index in [0.717, 1.165) is 3.70 Å². The van der Waals surface area contributed by atoms with E-state index in [-0.39, 0.29) is 5.04 Å². The fourth-order valence-corrected chi connectivity index (χ4v) is 4.41. The van der Waals surface area contributed by atoms with Crippen molar-refractivity contribution in [1.29, 1.82) is 0 Å². The number of imidazole rings is 1. The standard InChI is InChI=1S/C17H29IN2O3Si/c1-9-22-12-15-19-14(18)10-20(15)13(11-21)17(5,6)23-24(7,8)16(2,3)4/h10H,9,12H2,1-8H3. The van der Waals surface area contributed by atoms with Crippen LogP contribution in [0.15, 0.2) is 6.20 Å². The number of aromatic nitrogens is 2. The van der Waals surface area contributed by atoms with Crippen molar-refractivity contribution in [1.82, 2.24) is 9.55 Å². The number of halogens is 1. The third kappa shape index (κ3) is 5.02. The van der Waals surface area contributed by atoms with Gasteiger partial charge in [0.1, 0.15) is 33.4 Å². The van der Waals surface area contributed by atoms with E-state index in [1.54, 1.807) is 4.57 Å². The normalized spacial score (nSPS) is 13.0. The Bertz CT molecular complexity index is 626. The lowest BCUT2D eigenvalue weighted by molar-refractivity contribution is 0.123. The maximum Gasteiger partial charge on any atom is 0.193 e. The number of hydrogen-bond donors (Lipinski definition) is 0. The van der Waals surface area contributed by atoms with Gasteiger partial charge in [-0.3, -0.25) is 4.57 Å². The number of ether oxygens (including phenoxy) is 1. The molecule has 1 heterocycles. The summed E-state index contributed by atoms with van der Waals surface area (Å²) >= 11 is 2.13. The Hall–Kier alpha value is -0.473. The van der Waals surface area contributed by atoms with Gasteiger partial charge in [0.2, 0.25) is 0 Å². The third-order valence-electron chi connectivity index (χ3n) is 4.41. The minimum absolute atomic E-state index is 0.0514. The molecule has 0 saturated heterocycles. The van der Waals surface area contributed by atoms with Crippen LogP contribution in [-0.2, 0) is 20.6 Å². The van der Waals surface area contributed by atoms with E-state index in [9.17, 15) is 4.79 Å². The molecule has 0 unspecified atom stereocenters. The molecule has 1 rings (SSSR count). The second kappa shape index (κ2) is 7.82. The van der Waals surface area contributed by atoms with Crippen molar-refractivity contribution in [3.05, 3.63) is 15.7 Å². The molecule has 0 aromatic carbocycles. The SMILES string of the molecule is CCOCc1nc(I)cn1C(=C=O)C(C)(C)O[Si](C)(C)C(C)(C)C. The van der Waals surface area contributed by atoms with E-state index in [1.807, 2.05) is 27.0 Å². The lowest BCUT2D eigenvalue weighted by Crippen LogP contribution is -2.48. The smallest absolute Gasteiger partial charge is 0.193 e.